The number of hydrogen-bond donors (Lipinski definition) is 2. The number of aliphatic hydroxyl groups is 1. The predicted molar refractivity (Wildman–Crippen MR) is 104 cm³/mol. The van der Waals surface area contributed by atoms with Crippen LogP contribution in [0.4, 0.5) is 5.69 Å². The molecule has 3 aromatic rings. The Morgan fingerprint density at radius 3 is 2.67 bits per heavy atom. The number of aliphatic hydroxyl groups excluding tert-OH is 1. The summed E-state index contributed by atoms with van der Waals surface area (Å²) in [5.41, 5.74) is 2.06. The zero-order chi connectivity index (χ0) is 18.9. The van der Waals surface area contributed by atoms with Gasteiger partial charge < -0.3 is 9.84 Å². The summed E-state index contributed by atoms with van der Waals surface area (Å²) in [6, 6.07) is 14.7. The second-order valence-electron chi connectivity index (χ2n) is 5.71. The van der Waals surface area contributed by atoms with Gasteiger partial charge in [0.2, 0.25) is 5.88 Å². The second-order valence-corrected chi connectivity index (χ2v) is 8.15. The van der Waals surface area contributed by atoms with Crippen molar-refractivity contribution in [1.29, 1.82) is 0 Å². The molecule has 0 atom stereocenters. The molecular weight excluding hydrogens is 386 g/mol. The summed E-state index contributed by atoms with van der Waals surface area (Å²) in [7, 11) is -3.91. The van der Waals surface area contributed by atoms with Crippen molar-refractivity contribution in [2.45, 2.75) is 6.61 Å². The smallest absolute Gasteiger partial charge is 0.330 e. The lowest BCUT2D eigenvalue weighted by Gasteiger charge is -2.19. The van der Waals surface area contributed by atoms with Crippen LogP contribution >= 0.6 is 11.3 Å². The van der Waals surface area contributed by atoms with Gasteiger partial charge in [-0.25, -0.2) is 14.0 Å². The minimum absolute atomic E-state index is 0.270. The minimum atomic E-state index is -3.91. The van der Waals surface area contributed by atoms with Crippen LogP contribution in [0.25, 0.3) is 10.6 Å². The highest BCUT2D eigenvalue weighted by molar-refractivity contribution is 7.91. The lowest BCUT2D eigenvalue weighted by Crippen LogP contribution is -2.29. The molecule has 0 unspecified atom stereocenters. The molecule has 7 nitrogen and oxygen atoms in total. The molecule has 0 fully saturated rings. The van der Waals surface area contributed by atoms with Gasteiger partial charge in [-0.1, -0.05) is 30.3 Å². The highest BCUT2D eigenvalue weighted by Gasteiger charge is 2.31. The topological polar surface area (TPSA) is 91.8 Å². The summed E-state index contributed by atoms with van der Waals surface area (Å²) in [4.78, 5) is 4.28. The van der Waals surface area contributed by atoms with Gasteiger partial charge in [0.25, 0.3) is 0 Å². The summed E-state index contributed by atoms with van der Waals surface area (Å²) in [6.07, 6.45) is 2.80. The molecule has 9 heteroatoms. The van der Waals surface area contributed by atoms with Gasteiger partial charge in [0.05, 0.1) is 6.20 Å². The van der Waals surface area contributed by atoms with E-state index >= 15 is 0 Å². The van der Waals surface area contributed by atoms with Crippen molar-refractivity contribution in [3.05, 3.63) is 77.8 Å². The van der Waals surface area contributed by atoms with E-state index in [2.05, 4.69) is 4.98 Å². The fourth-order valence-electron chi connectivity index (χ4n) is 2.63. The van der Waals surface area contributed by atoms with E-state index in [0.717, 1.165) is 26.6 Å². The van der Waals surface area contributed by atoms with Crippen molar-refractivity contribution in [3.8, 4) is 16.3 Å². The first kappa shape index (κ1) is 17.4. The zero-order valence-electron chi connectivity index (χ0n) is 13.9. The fraction of sp³-hybridized carbons (Fsp3) is 0.0556. The average molecular weight is 401 g/mol. The third-order valence-electron chi connectivity index (χ3n) is 3.85. The van der Waals surface area contributed by atoms with E-state index in [-0.39, 0.29) is 6.61 Å². The van der Waals surface area contributed by atoms with Gasteiger partial charge in [0, 0.05) is 17.1 Å². The number of hydrogen-bond acceptors (Lipinski definition) is 6. The number of ether oxygens (including phenoxy) is 1. The Kier molecular flexibility index (Phi) is 4.46. The van der Waals surface area contributed by atoms with E-state index in [1.807, 2.05) is 40.4 Å². The molecule has 1 aromatic heterocycles. The lowest BCUT2D eigenvalue weighted by molar-refractivity contribution is 0.307. The molecule has 0 amide bonds. The van der Waals surface area contributed by atoms with E-state index in [1.165, 1.54) is 11.3 Å². The molecule has 27 heavy (non-hydrogen) atoms. The number of anilines is 1. The molecule has 0 saturated heterocycles. The molecule has 1 aliphatic heterocycles. The van der Waals surface area contributed by atoms with Gasteiger partial charge in [-0.2, -0.15) is 8.42 Å². The van der Waals surface area contributed by atoms with Gasteiger partial charge in [-0.05, 0) is 23.8 Å². The van der Waals surface area contributed by atoms with Crippen LogP contribution < -0.4 is 13.8 Å². The predicted octanol–water partition coefficient (Wildman–Crippen LogP) is 3.40. The van der Waals surface area contributed by atoms with E-state index in [9.17, 15) is 13.5 Å². The van der Waals surface area contributed by atoms with Crippen molar-refractivity contribution < 1.29 is 18.3 Å². The molecule has 0 saturated carbocycles. The molecule has 0 aliphatic carbocycles. The zero-order valence-corrected chi connectivity index (χ0v) is 15.6. The van der Waals surface area contributed by atoms with Crippen LogP contribution in [0.5, 0.6) is 5.75 Å². The van der Waals surface area contributed by atoms with Crippen molar-refractivity contribution in [2.24, 2.45) is 0 Å². The molecule has 2 aromatic carbocycles. The maximum Gasteiger partial charge on any atom is 0.330 e. The van der Waals surface area contributed by atoms with Crippen LogP contribution in [-0.4, -0.2) is 18.5 Å². The standard InChI is InChI=1S/C18H15N3O4S2/c22-17-11-21(27(23,24)20-17)15-7-6-14(18-19-8-9-26-18)10-16(15)25-12-13-4-2-1-3-5-13/h1-11,20,22H,12H2. The molecular formula is C18H15N3O4S2. The van der Waals surface area contributed by atoms with Crippen molar-refractivity contribution in [2.75, 3.05) is 4.31 Å². The van der Waals surface area contributed by atoms with Gasteiger partial charge in [0.1, 0.15) is 23.1 Å². The monoisotopic (exact) mass is 401 g/mol. The summed E-state index contributed by atoms with van der Waals surface area (Å²) >= 11 is 1.47. The molecule has 2 heterocycles. The van der Waals surface area contributed by atoms with Gasteiger partial charge >= 0.3 is 10.2 Å². The molecule has 0 radical (unpaired) electrons. The number of thiazole rings is 1. The maximum atomic E-state index is 12.2. The van der Waals surface area contributed by atoms with Crippen molar-refractivity contribution in [1.82, 2.24) is 9.71 Å². The largest absolute Gasteiger partial charge is 0.493 e. The molecule has 138 valence electrons. The highest BCUT2D eigenvalue weighted by atomic mass is 32.2. The van der Waals surface area contributed by atoms with Gasteiger partial charge in [-0.3, -0.25) is 0 Å². The van der Waals surface area contributed by atoms with E-state index < -0.39 is 16.1 Å². The molecule has 0 bridgehead atoms. The quantitative estimate of drug-likeness (QED) is 0.684. The number of nitrogens with zero attached hydrogens (tertiary/aromatic N) is 2. The van der Waals surface area contributed by atoms with Crippen LogP contribution in [0.3, 0.4) is 0 Å². The van der Waals surface area contributed by atoms with Crippen LogP contribution in [0, 0.1) is 0 Å². The number of aromatic nitrogens is 1. The SMILES string of the molecule is O=S1(=O)NC(O)=CN1c1ccc(-c2nccs2)cc1OCc1ccccc1. The number of rotatable bonds is 5. The van der Waals surface area contributed by atoms with Crippen LogP contribution in [0.1, 0.15) is 5.56 Å². The van der Waals surface area contributed by atoms with E-state index in [4.69, 9.17) is 4.74 Å². The Bertz CT molecular complexity index is 1080. The summed E-state index contributed by atoms with van der Waals surface area (Å²) < 4.78 is 33.4. The number of benzene rings is 2. The Labute approximate surface area is 160 Å². The highest BCUT2D eigenvalue weighted by Crippen LogP contribution is 2.37. The maximum absolute atomic E-state index is 12.2. The lowest BCUT2D eigenvalue weighted by atomic mass is 10.2. The molecule has 2 N–H and O–H groups in total. The van der Waals surface area contributed by atoms with Gasteiger partial charge in [-0.15, -0.1) is 11.3 Å². The first-order valence-corrected chi connectivity index (χ1v) is 10.3. The summed E-state index contributed by atoms with van der Waals surface area (Å²) in [5, 5.41) is 12.2. The van der Waals surface area contributed by atoms with E-state index in [1.54, 1.807) is 24.4 Å². The minimum Gasteiger partial charge on any atom is -0.493 e. The first-order chi connectivity index (χ1) is 13.0. The number of nitrogens with one attached hydrogen (secondary N) is 1. The Morgan fingerprint density at radius 2 is 2.00 bits per heavy atom. The van der Waals surface area contributed by atoms with Crippen LogP contribution in [-0.2, 0) is 16.8 Å². The average Bonchev–Trinajstić information content (AvgIpc) is 3.28. The van der Waals surface area contributed by atoms with Gasteiger partial charge in [0.15, 0.2) is 0 Å². The normalized spacial score (nSPS) is 15.3. The summed E-state index contributed by atoms with van der Waals surface area (Å²) in [6.45, 7) is 0.270. The second kappa shape index (κ2) is 6.93. The van der Waals surface area contributed by atoms with Crippen LogP contribution in [0.2, 0.25) is 0 Å². The Balaban J connectivity index is 1.73. The molecule has 1 aliphatic rings. The van der Waals surface area contributed by atoms with E-state index in [0.29, 0.717) is 11.4 Å². The Morgan fingerprint density at radius 1 is 1.19 bits per heavy atom. The van der Waals surface area contributed by atoms with Crippen LogP contribution in [0.15, 0.2) is 72.2 Å². The van der Waals surface area contributed by atoms with Crippen molar-refractivity contribution >= 4 is 27.2 Å². The third-order valence-corrected chi connectivity index (χ3v) is 5.95. The third kappa shape index (κ3) is 3.60. The molecule has 4 rings (SSSR count). The fourth-order valence-corrected chi connectivity index (χ4v) is 4.33. The first-order valence-electron chi connectivity index (χ1n) is 7.96. The molecule has 0 spiro atoms. The Hall–Kier alpha value is -3.04. The van der Waals surface area contributed by atoms with Crippen molar-refractivity contribution in [3.63, 3.8) is 0 Å². The summed E-state index contributed by atoms with van der Waals surface area (Å²) in [5.74, 6) is -0.0871.